The van der Waals surface area contributed by atoms with Crippen LogP contribution in [-0.2, 0) is 32.2 Å². The number of hydrogen-bond donors (Lipinski definition) is 1. The van der Waals surface area contributed by atoms with Crippen molar-refractivity contribution in [3.05, 3.63) is 148 Å². The zero-order valence-corrected chi connectivity index (χ0v) is 45.9. The second-order valence-corrected chi connectivity index (χ2v) is 19.4. The molecule has 7 rings (SSSR count). The number of carbonyl (C=O) groups is 4. The summed E-state index contributed by atoms with van der Waals surface area (Å²) in [5, 5.41) is 2.62. The number of fused-ring (bicyclic) bond motifs is 2. The number of halogens is 3. The number of aromatic nitrogens is 2. The Balaban J connectivity index is 0.000000316. The van der Waals surface area contributed by atoms with Gasteiger partial charge in [-0.15, -0.1) is 0 Å². The summed E-state index contributed by atoms with van der Waals surface area (Å²) in [6.45, 7) is 17.6. The molecule has 1 aliphatic heterocycles. The van der Waals surface area contributed by atoms with Gasteiger partial charge < -0.3 is 29.8 Å². The van der Waals surface area contributed by atoms with E-state index in [9.17, 15) is 28.0 Å². The van der Waals surface area contributed by atoms with Crippen molar-refractivity contribution in [3.63, 3.8) is 0 Å². The summed E-state index contributed by atoms with van der Waals surface area (Å²) in [5.41, 5.74) is 2.33. The molecule has 0 atom stereocenters. The minimum Gasteiger partial charge on any atom is -1.00 e. The Labute approximate surface area is 452 Å². The number of ether oxygens (including phenoxy) is 6. The minimum atomic E-state index is -0.840. The van der Waals surface area contributed by atoms with E-state index in [4.69, 9.17) is 33.4 Å². The summed E-state index contributed by atoms with van der Waals surface area (Å²) in [6, 6.07) is 24.8. The molecule has 386 valence electrons. The van der Waals surface area contributed by atoms with Gasteiger partial charge in [0.25, 0.3) is 0 Å². The van der Waals surface area contributed by atoms with E-state index < -0.39 is 52.9 Å². The molecular formula is C56H60F3N4NaO10. The van der Waals surface area contributed by atoms with Gasteiger partial charge in [0.2, 0.25) is 5.95 Å². The molecule has 0 fully saturated rings. The van der Waals surface area contributed by atoms with Crippen LogP contribution in [0.1, 0.15) is 126 Å². The summed E-state index contributed by atoms with van der Waals surface area (Å²) in [7, 11) is 2.52. The van der Waals surface area contributed by atoms with Crippen LogP contribution in [0, 0.1) is 17.6 Å². The molecule has 2 amide bonds. The summed E-state index contributed by atoms with van der Waals surface area (Å²) in [4.78, 5) is 62.2. The molecule has 74 heavy (non-hydrogen) atoms. The first-order chi connectivity index (χ1) is 34.4. The Morgan fingerprint density at radius 3 is 1.73 bits per heavy atom. The van der Waals surface area contributed by atoms with Crippen molar-refractivity contribution in [2.75, 3.05) is 24.4 Å². The standard InChI is InChI=1S/C28H30F2N2O5.C28H29FN2O5.Na.H/c1-16(2)24-23(26(33)35-6)22(17-11-13-18(29)14-12-17)19(25(30)32-24)15-36-21-10-8-7-9-20(21)31-27(34)37-28(3,4)5;1-16(2)24-23(26(32)34-6)22(17-11-13-18(29)14-12-17)19-15-35-21-10-8-7-9-20(21)31(25(19)30-24)27(33)36-28(3,4)5;;/h7-14,16H,15H2,1-6H3,(H,31,34);7-14,16H,15H2,1-6H3;;/q;;+1;-1. The van der Waals surface area contributed by atoms with Gasteiger partial charge in [-0.2, -0.15) is 4.39 Å². The second-order valence-electron chi connectivity index (χ2n) is 19.4. The zero-order valence-electron chi connectivity index (χ0n) is 44.9. The number of nitrogens with zero attached hydrogens (tertiary/aromatic N) is 3. The van der Waals surface area contributed by atoms with Crippen LogP contribution in [0.3, 0.4) is 0 Å². The first-order valence-electron chi connectivity index (χ1n) is 23.4. The van der Waals surface area contributed by atoms with Gasteiger partial charge in [0.05, 0.1) is 53.7 Å². The van der Waals surface area contributed by atoms with Crippen LogP contribution in [0.4, 0.5) is 40.0 Å². The molecule has 6 aromatic rings. The maximum Gasteiger partial charge on any atom is 1.00 e. The number of para-hydroxylation sites is 4. The van der Waals surface area contributed by atoms with Crippen molar-refractivity contribution in [1.82, 2.24) is 9.97 Å². The van der Waals surface area contributed by atoms with Gasteiger partial charge >= 0.3 is 53.7 Å². The molecule has 3 heterocycles. The van der Waals surface area contributed by atoms with Gasteiger partial charge in [-0.3, -0.25) is 5.32 Å². The predicted octanol–water partition coefficient (Wildman–Crippen LogP) is 10.7. The smallest absolute Gasteiger partial charge is 1.00 e. The van der Waals surface area contributed by atoms with Gasteiger partial charge in [-0.05, 0) is 113 Å². The average Bonchev–Trinajstić information content (AvgIpc) is 3.49. The molecule has 2 aromatic heterocycles. The third-order valence-corrected chi connectivity index (χ3v) is 10.9. The molecule has 1 N–H and O–H groups in total. The van der Waals surface area contributed by atoms with E-state index in [1.165, 1.54) is 55.5 Å². The van der Waals surface area contributed by atoms with E-state index in [0.29, 0.717) is 45.1 Å². The third kappa shape index (κ3) is 13.8. The number of nitrogens with one attached hydrogen (secondary N) is 1. The molecule has 0 bridgehead atoms. The SMILES string of the molecule is COC(=O)c1c(C(C)C)nc(F)c(COc2ccccc2NC(=O)OC(C)(C)C)c1-c1ccc(F)cc1.COC(=O)c1c(C(C)C)nc2c(c1-c1ccc(F)cc1)COc1ccccc1N2C(=O)OC(C)(C)C.[H-].[Na+]. The Hall–Kier alpha value is -6.95. The van der Waals surface area contributed by atoms with Gasteiger partial charge in [0.15, 0.2) is 0 Å². The van der Waals surface area contributed by atoms with E-state index in [2.05, 4.69) is 10.3 Å². The first-order valence-corrected chi connectivity index (χ1v) is 23.4. The molecule has 0 unspecified atom stereocenters. The third-order valence-electron chi connectivity index (χ3n) is 10.9. The van der Waals surface area contributed by atoms with E-state index in [1.807, 2.05) is 13.8 Å². The van der Waals surface area contributed by atoms with Gasteiger partial charge in [0.1, 0.15) is 53.4 Å². The topological polar surface area (TPSA) is 165 Å². The number of esters is 2. The van der Waals surface area contributed by atoms with Gasteiger partial charge in [0, 0.05) is 16.7 Å². The van der Waals surface area contributed by atoms with Crippen LogP contribution in [0.15, 0.2) is 97.1 Å². The fourth-order valence-corrected chi connectivity index (χ4v) is 7.80. The second kappa shape index (κ2) is 24.4. The predicted molar refractivity (Wildman–Crippen MR) is 271 cm³/mol. The van der Waals surface area contributed by atoms with E-state index in [0.717, 1.165) is 0 Å². The summed E-state index contributed by atoms with van der Waals surface area (Å²) >= 11 is 0. The Bertz CT molecular complexity index is 3020. The summed E-state index contributed by atoms with van der Waals surface area (Å²) in [6.07, 6.45) is -1.32. The monoisotopic (exact) mass is 1030 g/mol. The number of methoxy groups -OCH3 is 2. The van der Waals surface area contributed by atoms with Crippen LogP contribution >= 0.6 is 0 Å². The maximum absolute atomic E-state index is 15.5. The molecule has 4 aromatic carbocycles. The van der Waals surface area contributed by atoms with Crippen LogP contribution in [0.25, 0.3) is 22.3 Å². The Kier molecular flexibility index (Phi) is 19.1. The molecule has 1 aliphatic rings. The minimum absolute atomic E-state index is 0. The number of carbonyl (C=O) groups excluding carboxylic acids is 4. The van der Waals surface area contributed by atoms with E-state index in [1.54, 1.807) is 116 Å². The van der Waals surface area contributed by atoms with E-state index >= 15 is 4.39 Å². The normalized spacial score (nSPS) is 11.9. The number of anilines is 3. The van der Waals surface area contributed by atoms with Crippen molar-refractivity contribution in [3.8, 4) is 33.8 Å². The van der Waals surface area contributed by atoms with E-state index in [-0.39, 0.29) is 95.5 Å². The molecule has 0 aliphatic carbocycles. The van der Waals surface area contributed by atoms with Crippen LogP contribution < -0.4 is 49.2 Å². The number of amides is 2. The average molecular weight is 1030 g/mol. The molecule has 0 spiro atoms. The maximum atomic E-state index is 15.5. The van der Waals surface area contributed by atoms with Crippen LogP contribution in [-0.4, -0.2) is 59.5 Å². The zero-order chi connectivity index (χ0) is 53.5. The molecule has 14 nitrogen and oxygen atoms in total. The number of pyridine rings is 2. The fraction of sp³-hybridized carbons (Fsp3) is 0.321. The van der Waals surface area contributed by atoms with Gasteiger partial charge in [-0.25, -0.2) is 42.8 Å². The summed E-state index contributed by atoms with van der Waals surface area (Å²) < 4.78 is 76.2. The van der Waals surface area contributed by atoms with Gasteiger partial charge in [-0.1, -0.05) is 76.2 Å². The van der Waals surface area contributed by atoms with Crippen LogP contribution in [0.5, 0.6) is 11.5 Å². The van der Waals surface area contributed by atoms with Crippen molar-refractivity contribution >= 4 is 41.3 Å². The summed E-state index contributed by atoms with van der Waals surface area (Å²) in [5.74, 6) is -2.56. The quantitative estimate of drug-likeness (QED) is 0.0598. The Morgan fingerprint density at radius 2 is 1.19 bits per heavy atom. The van der Waals surface area contributed by atoms with Crippen molar-refractivity contribution in [2.45, 2.75) is 105 Å². The molecule has 0 saturated carbocycles. The molecular weight excluding hydrogens is 969 g/mol. The largest absolute Gasteiger partial charge is 1.00 e. The number of hydrogen-bond acceptors (Lipinski definition) is 12. The molecule has 18 heteroatoms. The molecule has 0 saturated heterocycles. The Morgan fingerprint density at radius 1 is 0.689 bits per heavy atom. The van der Waals surface area contributed by atoms with Crippen molar-refractivity contribution in [2.24, 2.45) is 0 Å². The van der Waals surface area contributed by atoms with Crippen LogP contribution in [0.2, 0.25) is 0 Å². The number of benzene rings is 4. The fourth-order valence-electron chi connectivity index (χ4n) is 7.80. The first kappa shape index (κ1) is 57.9. The number of rotatable bonds is 10. The molecule has 0 radical (unpaired) electrons. The van der Waals surface area contributed by atoms with Crippen molar-refractivity contribution < 1.29 is 91.8 Å². The van der Waals surface area contributed by atoms with Crippen molar-refractivity contribution in [1.29, 1.82) is 0 Å².